The van der Waals surface area contributed by atoms with E-state index in [4.69, 9.17) is 4.98 Å². The molecule has 8 heteroatoms. The lowest BCUT2D eigenvalue weighted by Crippen LogP contribution is -2.24. The number of H-pyrrole nitrogens is 1. The zero-order valence-electron chi connectivity index (χ0n) is 15.0. The van der Waals surface area contributed by atoms with Crippen molar-refractivity contribution in [2.45, 2.75) is 31.7 Å². The topological polar surface area (TPSA) is 96.7 Å². The molecule has 2 N–H and O–H groups in total. The number of halogens is 1. The van der Waals surface area contributed by atoms with Crippen LogP contribution in [0.25, 0.3) is 33.5 Å². The first-order valence-corrected chi connectivity index (χ1v) is 9.29. The molecule has 142 valence electrons. The average Bonchev–Trinajstić information content (AvgIpc) is 3.31. The number of hydrogen-bond acceptors (Lipinski definition) is 4. The average molecular weight is 379 g/mol. The smallest absolute Gasteiger partial charge is 0.306 e. The largest absolute Gasteiger partial charge is 0.481 e. The zero-order valence-corrected chi connectivity index (χ0v) is 15.0. The summed E-state index contributed by atoms with van der Waals surface area (Å²) < 4.78 is 15.7. The summed E-state index contributed by atoms with van der Waals surface area (Å²) in [4.78, 5) is 27.7. The van der Waals surface area contributed by atoms with Crippen LogP contribution in [0.2, 0.25) is 0 Å². The van der Waals surface area contributed by atoms with Crippen molar-refractivity contribution in [3.05, 3.63) is 42.7 Å². The Bertz CT molecular complexity index is 1200. The molecule has 0 bridgehead atoms. The Hall–Kier alpha value is -3.29. The van der Waals surface area contributed by atoms with Gasteiger partial charge >= 0.3 is 5.97 Å². The van der Waals surface area contributed by atoms with Gasteiger partial charge in [-0.25, -0.2) is 19.3 Å². The molecule has 0 spiro atoms. The minimum Gasteiger partial charge on any atom is -0.481 e. The van der Waals surface area contributed by atoms with E-state index in [-0.39, 0.29) is 12.0 Å². The van der Waals surface area contributed by atoms with Gasteiger partial charge in [0.1, 0.15) is 17.1 Å². The quantitative estimate of drug-likeness (QED) is 0.562. The highest BCUT2D eigenvalue weighted by atomic mass is 19.1. The second-order valence-corrected chi connectivity index (χ2v) is 7.30. The second kappa shape index (κ2) is 6.40. The Morgan fingerprint density at radius 1 is 1.29 bits per heavy atom. The molecule has 0 aromatic carbocycles. The van der Waals surface area contributed by atoms with Crippen LogP contribution in [0.3, 0.4) is 0 Å². The van der Waals surface area contributed by atoms with Crippen LogP contribution in [-0.2, 0) is 4.79 Å². The van der Waals surface area contributed by atoms with Crippen molar-refractivity contribution in [2.75, 3.05) is 0 Å². The molecule has 0 aliphatic heterocycles. The summed E-state index contributed by atoms with van der Waals surface area (Å²) in [6, 6.07) is 3.46. The van der Waals surface area contributed by atoms with Crippen LogP contribution in [0.15, 0.2) is 36.9 Å². The van der Waals surface area contributed by atoms with Gasteiger partial charge in [-0.15, -0.1) is 0 Å². The fourth-order valence-electron chi connectivity index (χ4n) is 4.17. The minimum absolute atomic E-state index is 0.0946. The van der Waals surface area contributed by atoms with E-state index in [2.05, 4.69) is 19.5 Å². The minimum atomic E-state index is -0.732. The molecule has 5 rings (SSSR count). The predicted octanol–water partition coefficient (Wildman–Crippen LogP) is 3.93. The van der Waals surface area contributed by atoms with E-state index in [1.165, 1.54) is 12.3 Å². The number of aromatic nitrogens is 5. The molecule has 4 aromatic rings. The summed E-state index contributed by atoms with van der Waals surface area (Å²) in [6.45, 7) is 0. The number of nitrogens with one attached hydrogen (secondary N) is 1. The maximum Gasteiger partial charge on any atom is 0.306 e. The van der Waals surface area contributed by atoms with Crippen LogP contribution in [0.4, 0.5) is 4.39 Å². The number of aromatic amines is 1. The van der Waals surface area contributed by atoms with Crippen molar-refractivity contribution >= 4 is 28.0 Å². The van der Waals surface area contributed by atoms with Crippen LogP contribution in [-0.4, -0.2) is 35.6 Å². The number of pyridine rings is 1. The third kappa shape index (κ3) is 2.72. The van der Waals surface area contributed by atoms with Crippen LogP contribution < -0.4 is 0 Å². The van der Waals surface area contributed by atoms with E-state index in [0.717, 1.165) is 30.3 Å². The van der Waals surface area contributed by atoms with Gasteiger partial charge < -0.3 is 14.7 Å². The van der Waals surface area contributed by atoms with Crippen LogP contribution in [0.5, 0.6) is 0 Å². The van der Waals surface area contributed by atoms with Crippen LogP contribution in [0.1, 0.15) is 31.7 Å². The number of carboxylic acid groups (broad SMARTS) is 1. The summed E-state index contributed by atoms with van der Waals surface area (Å²) >= 11 is 0. The van der Waals surface area contributed by atoms with Crippen molar-refractivity contribution < 1.29 is 14.3 Å². The van der Waals surface area contributed by atoms with Crippen molar-refractivity contribution in [3.8, 4) is 11.4 Å². The summed E-state index contributed by atoms with van der Waals surface area (Å²) in [5.74, 6) is -0.985. The number of aliphatic carboxylic acids is 1. The SMILES string of the molecule is O=C(O)[C@@H]1CCC[C@H](n2ccc3cnc(-c4c[nH]c5ncc(F)cc45)nc32)C1. The standard InChI is InChI=1S/C20H18FN5O2/c21-13-7-15-16(10-24-17(15)23-9-13)18-22-8-12-4-5-26(19(12)25-18)14-3-1-2-11(6-14)20(27)28/h4-5,7-11,14H,1-3,6H2,(H,23,24)(H,27,28)/t11-,14+/m1/s1. The summed E-state index contributed by atoms with van der Waals surface area (Å²) in [7, 11) is 0. The Morgan fingerprint density at radius 3 is 3.04 bits per heavy atom. The van der Waals surface area contributed by atoms with Gasteiger partial charge in [-0.2, -0.15) is 0 Å². The molecule has 0 amide bonds. The normalized spacial score (nSPS) is 20.0. The molecular weight excluding hydrogens is 361 g/mol. The Kier molecular flexibility index (Phi) is 3.85. The summed E-state index contributed by atoms with van der Waals surface area (Å²) in [5, 5.41) is 10.9. The second-order valence-electron chi connectivity index (χ2n) is 7.30. The molecule has 0 saturated heterocycles. The lowest BCUT2D eigenvalue weighted by atomic mass is 9.85. The Morgan fingerprint density at radius 2 is 2.18 bits per heavy atom. The first kappa shape index (κ1) is 16.9. The van der Waals surface area contributed by atoms with Gasteiger partial charge in [-0.1, -0.05) is 6.42 Å². The number of rotatable bonds is 3. The van der Waals surface area contributed by atoms with Crippen molar-refractivity contribution in [1.82, 2.24) is 24.5 Å². The number of nitrogens with zero attached hydrogens (tertiary/aromatic N) is 4. The third-order valence-corrected chi connectivity index (χ3v) is 5.58. The van der Waals surface area contributed by atoms with E-state index in [1.807, 2.05) is 12.3 Å². The maximum absolute atomic E-state index is 13.7. The molecule has 2 atom stereocenters. The van der Waals surface area contributed by atoms with Crippen molar-refractivity contribution in [2.24, 2.45) is 5.92 Å². The van der Waals surface area contributed by atoms with E-state index < -0.39 is 11.8 Å². The number of hydrogen-bond donors (Lipinski definition) is 2. The van der Waals surface area contributed by atoms with E-state index >= 15 is 0 Å². The summed E-state index contributed by atoms with van der Waals surface area (Å²) in [5.41, 5.74) is 2.02. The molecule has 4 aromatic heterocycles. The van der Waals surface area contributed by atoms with Gasteiger partial charge in [0.25, 0.3) is 0 Å². The highest BCUT2D eigenvalue weighted by Gasteiger charge is 2.28. The zero-order chi connectivity index (χ0) is 19.3. The maximum atomic E-state index is 13.7. The molecule has 0 unspecified atom stereocenters. The Balaban J connectivity index is 1.58. The van der Waals surface area contributed by atoms with Crippen molar-refractivity contribution in [1.29, 1.82) is 0 Å². The van der Waals surface area contributed by atoms with Gasteiger partial charge in [0.2, 0.25) is 0 Å². The number of carboxylic acids is 1. The molecule has 1 aliphatic rings. The van der Waals surface area contributed by atoms with Gasteiger partial charge in [0, 0.05) is 41.0 Å². The molecule has 4 heterocycles. The molecule has 28 heavy (non-hydrogen) atoms. The predicted molar refractivity (Wildman–Crippen MR) is 101 cm³/mol. The van der Waals surface area contributed by atoms with Gasteiger partial charge in [0.05, 0.1) is 12.1 Å². The molecule has 1 saturated carbocycles. The number of fused-ring (bicyclic) bond motifs is 2. The Labute approximate surface area is 159 Å². The van der Waals surface area contributed by atoms with Crippen LogP contribution in [0, 0.1) is 11.7 Å². The van der Waals surface area contributed by atoms with E-state index in [9.17, 15) is 14.3 Å². The first-order valence-electron chi connectivity index (χ1n) is 9.29. The van der Waals surface area contributed by atoms with Crippen LogP contribution >= 0.6 is 0 Å². The molecule has 1 fully saturated rings. The molecular formula is C20H18FN5O2. The summed E-state index contributed by atoms with van der Waals surface area (Å²) in [6.07, 6.45) is 9.72. The lowest BCUT2D eigenvalue weighted by Gasteiger charge is -2.28. The third-order valence-electron chi connectivity index (χ3n) is 5.58. The highest BCUT2D eigenvalue weighted by molar-refractivity contribution is 5.92. The highest BCUT2D eigenvalue weighted by Crippen LogP contribution is 2.35. The van der Waals surface area contributed by atoms with E-state index in [0.29, 0.717) is 28.8 Å². The van der Waals surface area contributed by atoms with Gasteiger partial charge in [-0.05, 0) is 31.4 Å². The van der Waals surface area contributed by atoms with Crippen molar-refractivity contribution in [3.63, 3.8) is 0 Å². The lowest BCUT2D eigenvalue weighted by molar-refractivity contribution is -0.143. The van der Waals surface area contributed by atoms with E-state index in [1.54, 1.807) is 12.4 Å². The fourth-order valence-corrected chi connectivity index (χ4v) is 4.17. The first-order chi connectivity index (χ1) is 13.6. The number of carbonyl (C=O) groups is 1. The molecule has 1 aliphatic carbocycles. The molecule has 0 radical (unpaired) electrons. The molecule has 7 nitrogen and oxygen atoms in total. The van der Waals surface area contributed by atoms with Gasteiger partial charge in [-0.3, -0.25) is 4.79 Å². The van der Waals surface area contributed by atoms with Gasteiger partial charge in [0.15, 0.2) is 5.82 Å². The fraction of sp³-hybridized carbons (Fsp3) is 0.300. The monoisotopic (exact) mass is 379 g/mol.